The lowest BCUT2D eigenvalue weighted by molar-refractivity contribution is -0.146. The van der Waals surface area contributed by atoms with Crippen LogP contribution in [-0.4, -0.2) is 30.3 Å². The Morgan fingerprint density at radius 1 is 1.29 bits per heavy atom. The van der Waals surface area contributed by atoms with Crippen LogP contribution in [-0.2, 0) is 4.79 Å². The minimum absolute atomic E-state index is 0.392. The molecular formula is C10H13NO3. The third-order valence-corrected chi connectivity index (χ3v) is 1.96. The van der Waals surface area contributed by atoms with E-state index in [1.807, 2.05) is 19.0 Å². The predicted octanol–water partition coefficient (Wildman–Crippen LogP) is 0.871. The average molecular weight is 195 g/mol. The average Bonchev–Trinajstić information content (AvgIpc) is 2.16. The Balaban J connectivity index is 2.88. The number of aliphatic hydroxyl groups is 1. The monoisotopic (exact) mass is 195 g/mol. The molecule has 1 unspecified atom stereocenters. The van der Waals surface area contributed by atoms with Crippen molar-refractivity contribution in [3.8, 4) is 0 Å². The van der Waals surface area contributed by atoms with Crippen LogP contribution in [0, 0.1) is 0 Å². The molecule has 4 heteroatoms. The molecule has 0 spiro atoms. The third kappa shape index (κ3) is 2.23. The summed E-state index contributed by atoms with van der Waals surface area (Å²) in [4.78, 5) is 12.4. The number of rotatable bonds is 3. The Hall–Kier alpha value is -1.55. The Kier molecular flexibility index (Phi) is 3.09. The van der Waals surface area contributed by atoms with Crippen LogP contribution in [0.2, 0.25) is 0 Å². The number of hydrogen-bond donors (Lipinski definition) is 2. The molecule has 0 aliphatic heterocycles. The van der Waals surface area contributed by atoms with E-state index in [2.05, 4.69) is 0 Å². The highest BCUT2D eigenvalue weighted by Gasteiger charge is 2.15. The quantitative estimate of drug-likeness (QED) is 0.751. The van der Waals surface area contributed by atoms with Gasteiger partial charge in [-0.05, 0) is 17.7 Å². The van der Waals surface area contributed by atoms with Crippen molar-refractivity contribution in [3.63, 3.8) is 0 Å². The molecule has 1 rings (SSSR count). The molecule has 4 nitrogen and oxygen atoms in total. The summed E-state index contributed by atoms with van der Waals surface area (Å²) in [5, 5.41) is 17.8. The lowest BCUT2D eigenvalue weighted by atomic mass is 10.1. The molecule has 0 bridgehead atoms. The molecule has 1 atom stereocenters. The molecule has 0 radical (unpaired) electrons. The van der Waals surface area contributed by atoms with Crippen molar-refractivity contribution < 1.29 is 15.0 Å². The largest absolute Gasteiger partial charge is 0.479 e. The molecule has 0 fully saturated rings. The van der Waals surface area contributed by atoms with E-state index in [1.165, 1.54) is 0 Å². The van der Waals surface area contributed by atoms with Crippen LogP contribution < -0.4 is 4.90 Å². The fourth-order valence-electron chi connectivity index (χ4n) is 1.10. The highest BCUT2D eigenvalue weighted by atomic mass is 16.4. The highest BCUT2D eigenvalue weighted by molar-refractivity contribution is 5.74. The third-order valence-electron chi connectivity index (χ3n) is 1.96. The smallest absolute Gasteiger partial charge is 0.337 e. The zero-order valence-electron chi connectivity index (χ0n) is 8.14. The molecule has 0 saturated carbocycles. The zero-order valence-corrected chi connectivity index (χ0v) is 8.14. The van der Waals surface area contributed by atoms with Crippen molar-refractivity contribution in [2.75, 3.05) is 19.0 Å². The molecule has 0 aliphatic carbocycles. The van der Waals surface area contributed by atoms with Gasteiger partial charge in [-0.25, -0.2) is 4.79 Å². The van der Waals surface area contributed by atoms with E-state index in [0.29, 0.717) is 5.56 Å². The number of carbonyl (C=O) groups is 1. The molecule has 1 aromatic carbocycles. The summed E-state index contributed by atoms with van der Waals surface area (Å²) in [6.07, 6.45) is -1.44. The lowest BCUT2D eigenvalue weighted by Gasteiger charge is -2.13. The van der Waals surface area contributed by atoms with E-state index < -0.39 is 12.1 Å². The highest BCUT2D eigenvalue weighted by Crippen LogP contribution is 2.17. The summed E-state index contributed by atoms with van der Waals surface area (Å²) >= 11 is 0. The first-order valence-corrected chi connectivity index (χ1v) is 4.20. The van der Waals surface area contributed by atoms with E-state index in [9.17, 15) is 9.90 Å². The van der Waals surface area contributed by atoms with E-state index >= 15 is 0 Å². The second kappa shape index (κ2) is 4.11. The van der Waals surface area contributed by atoms with Crippen LogP contribution in [0.4, 0.5) is 5.69 Å². The van der Waals surface area contributed by atoms with Gasteiger partial charge in [-0.15, -0.1) is 0 Å². The maximum absolute atomic E-state index is 10.5. The number of hydrogen-bond acceptors (Lipinski definition) is 3. The second-order valence-corrected chi connectivity index (χ2v) is 3.23. The Morgan fingerprint density at radius 2 is 1.79 bits per heavy atom. The van der Waals surface area contributed by atoms with Crippen molar-refractivity contribution >= 4 is 11.7 Å². The fourth-order valence-corrected chi connectivity index (χ4v) is 1.10. The second-order valence-electron chi connectivity index (χ2n) is 3.23. The van der Waals surface area contributed by atoms with E-state index in [-0.39, 0.29) is 0 Å². The van der Waals surface area contributed by atoms with Crippen LogP contribution in [0.1, 0.15) is 11.7 Å². The molecule has 76 valence electrons. The van der Waals surface area contributed by atoms with E-state index in [0.717, 1.165) is 5.69 Å². The minimum Gasteiger partial charge on any atom is -0.479 e. The molecule has 0 amide bonds. The Labute approximate surface area is 82.4 Å². The topological polar surface area (TPSA) is 60.8 Å². The van der Waals surface area contributed by atoms with Crippen LogP contribution in [0.3, 0.4) is 0 Å². The summed E-state index contributed by atoms with van der Waals surface area (Å²) in [5.74, 6) is -1.23. The van der Waals surface area contributed by atoms with Crippen LogP contribution >= 0.6 is 0 Å². The first kappa shape index (κ1) is 10.5. The molecular weight excluding hydrogens is 182 g/mol. The van der Waals surface area contributed by atoms with Crippen molar-refractivity contribution in [1.29, 1.82) is 0 Å². The van der Waals surface area contributed by atoms with E-state index in [4.69, 9.17) is 5.11 Å². The van der Waals surface area contributed by atoms with Gasteiger partial charge in [0.25, 0.3) is 0 Å². The summed E-state index contributed by atoms with van der Waals surface area (Å²) in [6.45, 7) is 0. The summed E-state index contributed by atoms with van der Waals surface area (Å²) in [5.41, 5.74) is 1.36. The van der Waals surface area contributed by atoms with Crippen LogP contribution in [0.5, 0.6) is 0 Å². The predicted molar refractivity (Wildman–Crippen MR) is 53.4 cm³/mol. The molecule has 0 heterocycles. The molecule has 0 aliphatic rings. The van der Waals surface area contributed by atoms with Gasteiger partial charge in [0.15, 0.2) is 6.10 Å². The van der Waals surface area contributed by atoms with Crippen molar-refractivity contribution in [2.24, 2.45) is 0 Å². The number of aliphatic carboxylic acids is 1. The molecule has 14 heavy (non-hydrogen) atoms. The minimum atomic E-state index is -1.44. The Morgan fingerprint density at radius 3 is 2.14 bits per heavy atom. The van der Waals surface area contributed by atoms with Gasteiger partial charge >= 0.3 is 5.97 Å². The molecule has 1 aromatic rings. The maximum atomic E-state index is 10.5. The van der Waals surface area contributed by atoms with Gasteiger partial charge in [0.05, 0.1) is 0 Å². The van der Waals surface area contributed by atoms with Crippen LogP contribution in [0.15, 0.2) is 24.3 Å². The molecule has 2 N–H and O–H groups in total. The molecule has 0 aromatic heterocycles. The number of nitrogens with zero attached hydrogens (tertiary/aromatic N) is 1. The van der Waals surface area contributed by atoms with Gasteiger partial charge < -0.3 is 15.1 Å². The van der Waals surface area contributed by atoms with Gasteiger partial charge in [0, 0.05) is 19.8 Å². The maximum Gasteiger partial charge on any atom is 0.337 e. The summed E-state index contributed by atoms with van der Waals surface area (Å²) in [6, 6.07) is 6.74. The number of carboxylic acid groups (broad SMARTS) is 1. The number of aliphatic hydroxyl groups excluding tert-OH is 1. The number of anilines is 1. The van der Waals surface area contributed by atoms with Gasteiger partial charge in [0.2, 0.25) is 0 Å². The fraction of sp³-hybridized carbons (Fsp3) is 0.300. The first-order valence-electron chi connectivity index (χ1n) is 4.20. The first-order chi connectivity index (χ1) is 6.52. The SMILES string of the molecule is CN(C)c1ccc(C(O)C(=O)O)cc1. The standard InChI is InChI=1S/C10H13NO3/c1-11(2)8-5-3-7(4-6-8)9(12)10(13)14/h3-6,9,12H,1-2H3,(H,13,14). The van der Waals surface area contributed by atoms with Crippen molar-refractivity contribution in [3.05, 3.63) is 29.8 Å². The normalized spacial score (nSPS) is 12.2. The number of carboxylic acids is 1. The number of benzene rings is 1. The zero-order chi connectivity index (χ0) is 10.7. The lowest BCUT2D eigenvalue weighted by Crippen LogP contribution is -2.11. The van der Waals surface area contributed by atoms with Crippen LogP contribution in [0.25, 0.3) is 0 Å². The van der Waals surface area contributed by atoms with Gasteiger partial charge in [-0.2, -0.15) is 0 Å². The van der Waals surface area contributed by atoms with Crippen molar-refractivity contribution in [2.45, 2.75) is 6.10 Å². The van der Waals surface area contributed by atoms with E-state index in [1.54, 1.807) is 24.3 Å². The Bertz CT molecular complexity index is 319. The molecule has 0 saturated heterocycles. The summed E-state index contributed by atoms with van der Waals surface area (Å²) in [7, 11) is 3.78. The summed E-state index contributed by atoms with van der Waals surface area (Å²) < 4.78 is 0. The van der Waals surface area contributed by atoms with Gasteiger partial charge in [0.1, 0.15) is 0 Å². The van der Waals surface area contributed by atoms with Gasteiger partial charge in [-0.1, -0.05) is 12.1 Å². The van der Waals surface area contributed by atoms with Crippen molar-refractivity contribution in [1.82, 2.24) is 0 Å². The van der Waals surface area contributed by atoms with Gasteiger partial charge in [-0.3, -0.25) is 0 Å².